The van der Waals surface area contributed by atoms with E-state index in [4.69, 9.17) is 12.2 Å². The Labute approximate surface area is 99.0 Å². The number of carbonyl (C=O) groups is 1. The second kappa shape index (κ2) is 4.84. The highest BCUT2D eigenvalue weighted by molar-refractivity contribution is 5.90. The van der Waals surface area contributed by atoms with Gasteiger partial charge in [0.25, 0.3) is 5.91 Å². The fraction of sp³-hybridized carbons (Fsp3) is 0.500. The van der Waals surface area contributed by atoms with Gasteiger partial charge < -0.3 is 10.6 Å². The number of piperazine rings is 1. The van der Waals surface area contributed by atoms with Crippen molar-refractivity contribution in [1.82, 2.24) is 25.0 Å². The van der Waals surface area contributed by atoms with Crippen LogP contribution in [0.25, 0.3) is 0 Å². The van der Waals surface area contributed by atoms with Gasteiger partial charge in [0.2, 0.25) is 11.8 Å². The largest absolute Gasteiger partial charge is 0.366 e. The number of H-pyrrole nitrogens is 1. The Morgan fingerprint density at radius 3 is 2.71 bits per heavy atom. The van der Waals surface area contributed by atoms with Crippen molar-refractivity contribution in [2.75, 3.05) is 38.5 Å². The number of aromatic nitrogens is 3. The van der Waals surface area contributed by atoms with E-state index in [2.05, 4.69) is 26.0 Å². The summed E-state index contributed by atoms with van der Waals surface area (Å²) in [5.74, 6) is 2.69. The summed E-state index contributed by atoms with van der Waals surface area (Å²) < 4.78 is 0. The van der Waals surface area contributed by atoms with Crippen molar-refractivity contribution in [2.45, 2.75) is 0 Å². The lowest BCUT2D eigenvalue weighted by atomic mass is 10.3. The number of amides is 1. The standard InChI is InChI=1S/C10H14N6O/c1-2-3-15-4-6-16(7-5-15)9(17)8-12-10(11)14-13-8/h1H,3-7H2,(H3,11,12,13,14). The van der Waals surface area contributed by atoms with Gasteiger partial charge in [-0.1, -0.05) is 5.92 Å². The summed E-state index contributed by atoms with van der Waals surface area (Å²) in [5, 5.41) is 6.15. The number of carbonyl (C=O) groups excluding carboxylic acids is 1. The first-order chi connectivity index (χ1) is 8.20. The fourth-order valence-corrected chi connectivity index (χ4v) is 1.76. The zero-order valence-corrected chi connectivity index (χ0v) is 9.39. The van der Waals surface area contributed by atoms with Gasteiger partial charge in [-0.25, -0.2) is 0 Å². The molecule has 2 rings (SSSR count). The number of nitrogen functional groups attached to an aromatic ring is 1. The van der Waals surface area contributed by atoms with E-state index >= 15 is 0 Å². The van der Waals surface area contributed by atoms with Gasteiger partial charge in [-0.3, -0.25) is 14.8 Å². The summed E-state index contributed by atoms with van der Waals surface area (Å²) in [4.78, 5) is 19.6. The van der Waals surface area contributed by atoms with E-state index in [0.29, 0.717) is 19.6 Å². The van der Waals surface area contributed by atoms with Crippen molar-refractivity contribution >= 4 is 11.9 Å². The lowest BCUT2D eigenvalue weighted by molar-refractivity contribution is 0.0640. The number of terminal acetylenes is 1. The maximum Gasteiger partial charge on any atom is 0.291 e. The predicted octanol–water partition coefficient (Wildman–Crippen LogP) is -1.22. The summed E-state index contributed by atoms with van der Waals surface area (Å²) >= 11 is 0. The Hall–Kier alpha value is -2.07. The number of rotatable bonds is 2. The second-order valence-corrected chi connectivity index (χ2v) is 3.81. The summed E-state index contributed by atoms with van der Waals surface area (Å²) in [5.41, 5.74) is 5.35. The Bertz CT molecular complexity index is 440. The monoisotopic (exact) mass is 234 g/mol. The van der Waals surface area contributed by atoms with Gasteiger partial charge in [0, 0.05) is 26.2 Å². The topological polar surface area (TPSA) is 91.1 Å². The number of nitrogens with two attached hydrogens (primary N) is 1. The van der Waals surface area contributed by atoms with E-state index in [1.165, 1.54) is 0 Å². The molecule has 0 spiro atoms. The minimum absolute atomic E-state index is 0.0827. The molecule has 0 saturated carbocycles. The first-order valence-electron chi connectivity index (χ1n) is 5.33. The van der Waals surface area contributed by atoms with Gasteiger partial charge in [0.15, 0.2) is 0 Å². The number of aromatic amines is 1. The van der Waals surface area contributed by atoms with E-state index in [1.807, 2.05) is 0 Å². The maximum absolute atomic E-state index is 12.0. The molecule has 90 valence electrons. The molecule has 0 bridgehead atoms. The van der Waals surface area contributed by atoms with E-state index < -0.39 is 0 Å². The molecule has 7 nitrogen and oxygen atoms in total. The van der Waals surface area contributed by atoms with E-state index in [9.17, 15) is 4.79 Å². The molecule has 1 aromatic rings. The molecule has 1 aromatic heterocycles. The molecule has 0 radical (unpaired) electrons. The molecule has 7 heteroatoms. The molecule has 0 aliphatic carbocycles. The van der Waals surface area contributed by atoms with E-state index in [0.717, 1.165) is 13.1 Å². The zero-order chi connectivity index (χ0) is 12.3. The van der Waals surface area contributed by atoms with Crippen LogP contribution in [0.15, 0.2) is 0 Å². The van der Waals surface area contributed by atoms with Crippen molar-refractivity contribution in [3.05, 3.63) is 5.82 Å². The third kappa shape index (κ3) is 2.54. The Kier molecular flexibility index (Phi) is 3.25. The molecule has 2 heterocycles. The normalized spacial score (nSPS) is 16.8. The van der Waals surface area contributed by atoms with Gasteiger partial charge in [-0.05, 0) is 0 Å². The molecule has 1 fully saturated rings. The summed E-state index contributed by atoms with van der Waals surface area (Å²) in [6.07, 6.45) is 5.24. The number of nitrogens with one attached hydrogen (secondary N) is 1. The van der Waals surface area contributed by atoms with Crippen LogP contribution in [0.5, 0.6) is 0 Å². The zero-order valence-electron chi connectivity index (χ0n) is 9.39. The minimum atomic E-state index is -0.172. The summed E-state index contributed by atoms with van der Waals surface area (Å²) in [7, 11) is 0. The van der Waals surface area contributed by atoms with Crippen molar-refractivity contribution in [3.63, 3.8) is 0 Å². The summed E-state index contributed by atoms with van der Waals surface area (Å²) in [6.45, 7) is 3.46. The fourth-order valence-electron chi connectivity index (χ4n) is 1.76. The third-order valence-electron chi connectivity index (χ3n) is 2.68. The quantitative estimate of drug-likeness (QED) is 0.626. The number of hydrogen-bond acceptors (Lipinski definition) is 5. The molecule has 1 aliphatic rings. The van der Waals surface area contributed by atoms with E-state index in [-0.39, 0.29) is 17.7 Å². The first-order valence-corrected chi connectivity index (χ1v) is 5.33. The average molecular weight is 234 g/mol. The van der Waals surface area contributed by atoms with Crippen LogP contribution in [0.1, 0.15) is 10.6 Å². The first kappa shape index (κ1) is 11.4. The highest BCUT2D eigenvalue weighted by atomic mass is 16.2. The number of nitrogens with zero attached hydrogens (tertiary/aromatic N) is 4. The van der Waals surface area contributed by atoms with Gasteiger partial charge in [0.05, 0.1) is 6.54 Å². The number of hydrogen-bond donors (Lipinski definition) is 2. The highest BCUT2D eigenvalue weighted by Gasteiger charge is 2.23. The average Bonchev–Trinajstić information content (AvgIpc) is 2.76. The smallest absolute Gasteiger partial charge is 0.291 e. The van der Waals surface area contributed by atoms with Crippen LogP contribution in [-0.4, -0.2) is 63.6 Å². The van der Waals surface area contributed by atoms with Crippen molar-refractivity contribution < 1.29 is 4.79 Å². The highest BCUT2D eigenvalue weighted by Crippen LogP contribution is 2.05. The molecular weight excluding hydrogens is 220 g/mol. The van der Waals surface area contributed by atoms with Gasteiger partial charge >= 0.3 is 0 Å². The van der Waals surface area contributed by atoms with Crippen LogP contribution >= 0.6 is 0 Å². The van der Waals surface area contributed by atoms with Crippen LogP contribution in [-0.2, 0) is 0 Å². The minimum Gasteiger partial charge on any atom is -0.366 e. The molecular formula is C10H14N6O. The van der Waals surface area contributed by atoms with Crippen LogP contribution in [0.3, 0.4) is 0 Å². The van der Waals surface area contributed by atoms with Crippen molar-refractivity contribution in [2.24, 2.45) is 0 Å². The van der Waals surface area contributed by atoms with Crippen LogP contribution in [0.4, 0.5) is 5.95 Å². The Morgan fingerprint density at radius 2 is 2.18 bits per heavy atom. The SMILES string of the molecule is C#CCN1CCN(C(=O)c2nc(N)n[nH]2)CC1. The maximum atomic E-state index is 12.0. The van der Waals surface area contributed by atoms with Crippen LogP contribution in [0, 0.1) is 12.3 Å². The predicted molar refractivity (Wildman–Crippen MR) is 62.0 cm³/mol. The summed E-state index contributed by atoms with van der Waals surface area (Å²) in [6, 6.07) is 0. The van der Waals surface area contributed by atoms with Gasteiger partial charge in [-0.15, -0.1) is 11.5 Å². The van der Waals surface area contributed by atoms with Crippen molar-refractivity contribution in [3.8, 4) is 12.3 Å². The molecule has 1 saturated heterocycles. The van der Waals surface area contributed by atoms with Gasteiger partial charge in [-0.2, -0.15) is 4.98 Å². The van der Waals surface area contributed by atoms with Crippen LogP contribution < -0.4 is 5.73 Å². The van der Waals surface area contributed by atoms with Crippen LogP contribution in [0.2, 0.25) is 0 Å². The second-order valence-electron chi connectivity index (χ2n) is 3.81. The number of anilines is 1. The molecule has 1 amide bonds. The van der Waals surface area contributed by atoms with Crippen molar-refractivity contribution in [1.29, 1.82) is 0 Å². The molecule has 1 aliphatic heterocycles. The molecule has 3 N–H and O–H groups in total. The molecule has 0 unspecified atom stereocenters. The van der Waals surface area contributed by atoms with E-state index in [1.54, 1.807) is 4.90 Å². The molecule has 0 atom stereocenters. The molecule has 17 heavy (non-hydrogen) atoms. The Morgan fingerprint density at radius 1 is 1.47 bits per heavy atom. The van der Waals surface area contributed by atoms with Gasteiger partial charge in [0.1, 0.15) is 0 Å². The Balaban J connectivity index is 1.93. The lowest BCUT2D eigenvalue weighted by Crippen LogP contribution is -2.48. The molecule has 0 aromatic carbocycles. The lowest BCUT2D eigenvalue weighted by Gasteiger charge is -2.33. The third-order valence-corrected chi connectivity index (χ3v) is 2.68.